The Bertz CT molecular complexity index is 488. The molecule has 0 bridgehead atoms. The van der Waals surface area contributed by atoms with Gasteiger partial charge in [0.15, 0.2) is 0 Å². The number of hydrogen-bond acceptors (Lipinski definition) is 5. The molecule has 0 aliphatic rings. The van der Waals surface area contributed by atoms with E-state index in [1.165, 1.54) is 0 Å². The van der Waals surface area contributed by atoms with Crippen molar-refractivity contribution < 1.29 is 19.1 Å². The average Bonchev–Trinajstić information content (AvgIpc) is 2.49. The highest BCUT2D eigenvalue weighted by molar-refractivity contribution is 5.71. The standard InChI is InChI=1S/C19H32N2O4/c1-6-8-9-11-16(14-20-15-17(22)24-7-2)12-10-13-21-18(23)25-19(3,4)5/h8-12,20H,6-7,13-15H2,1-5H3,(H,21,23)/b9-8+,12-10+,16-11+. The van der Waals surface area contributed by atoms with Gasteiger partial charge in [0.2, 0.25) is 0 Å². The lowest BCUT2D eigenvalue weighted by atomic mass is 10.2. The van der Waals surface area contributed by atoms with Crippen molar-refractivity contribution in [3.05, 3.63) is 36.0 Å². The minimum absolute atomic E-state index is 0.159. The lowest BCUT2D eigenvalue weighted by Crippen LogP contribution is -2.32. The molecular formula is C19H32N2O4. The molecule has 0 saturated carbocycles. The van der Waals surface area contributed by atoms with Crippen LogP contribution in [-0.4, -0.2) is 43.9 Å². The highest BCUT2D eigenvalue weighted by Crippen LogP contribution is 2.06. The highest BCUT2D eigenvalue weighted by Gasteiger charge is 2.14. The first-order valence-corrected chi connectivity index (χ1v) is 8.64. The van der Waals surface area contributed by atoms with E-state index in [2.05, 4.69) is 17.6 Å². The minimum atomic E-state index is -0.513. The molecule has 25 heavy (non-hydrogen) atoms. The fraction of sp³-hybridized carbons (Fsp3) is 0.579. The molecule has 0 aromatic carbocycles. The molecule has 0 rings (SSSR count). The quantitative estimate of drug-likeness (QED) is 0.467. The Balaban J connectivity index is 4.43. The zero-order valence-electron chi connectivity index (χ0n) is 16.1. The number of esters is 1. The van der Waals surface area contributed by atoms with Crippen LogP contribution in [0.3, 0.4) is 0 Å². The second-order valence-corrected chi connectivity index (χ2v) is 6.27. The van der Waals surface area contributed by atoms with Crippen LogP contribution in [0.15, 0.2) is 36.0 Å². The topological polar surface area (TPSA) is 76.7 Å². The van der Waals surface area contributed by atoms with Crippen LogP contribution in [0.5, 0.6) is 0 Å². The molecule has 6 heteroatoms. The second-order valence-electron chi connectivity index (χ2n) is 6.27. The summed E-state index contributed by atoms with van der Waals surface area (Å²) in [4.78, 5) is 22.9. The van der Waals surface area contributed by atoms with Gasteiger partial charge in [0.1, 0.15) is 5.60 Å². The molecule has 0 aliphatic carbocycles. The van der Waals surface area contributed by atoms with Gasteiger partial charge < -0.3 is 20.1 Å². The van der Waals surface area contributed by atoms with Crippen molar-refractivity contribution in [2.75, 3.05) is 26.2 Å². The zero-order chi connectivity index (χ0) is 19.1. The van der Waals surface area contributed by atoms with Crippen molar-refractivity contribution in [3.8, 4) is 0 Å². The Hall–Kier alpha value is -2.08. The van der Waals surface area contributed by atoms with Gasteiger partial charge in [0.05, 0.1) is 13.2 Å². The van der Waals surface area contributed by atoms with Gasteiger partial charge in [-0.2, -0.15) is 0 Å². The fourth-order valence-corrected chi connectivity index (χ4v) is 1.69. The van der Waals surface area contributed by atoms with Crippen LogP contribution in [0.25, 0.3) is 0 Å². The Morgan fingerprint density at radius 1 is 1.08 bits per heavy atom. The van der Waals surface area contributed by atoms with E-state index in [1.54, 1.807) is 6.92 Å². The van der Waals surface area contributed by atoms with Crippen LogP contribution in [0.4, 0.5) is 4.79 Å². The molecule has 0 radical (unpaired) electrons. The first kappa shape index (κ1) is 22.9. The van der Waals surface area contributed by atoms with Crippen LogP contribution >= 0.6 is 0 Å². The number of hydrogen-bond donors (Lipinski definition) is 2. The zero-order valence-corrected chi connectivity index (χ0v) is 16.1. The van der Waals surface area contributed by atoms with Crippen LogP contribution in [0.2, 0.25) is 0 Å². The van der Waals surface area contributed by atoms with Crippen molar-refractivity contribution >= 4 is 12.1 Å². The predicted octanol–water partition coefficient (Wildman–Crippen LogP) is 3.11. The molecule has 6 nitrogen and oxygen atoms in total. The molecule has 0 heterocycles. The molecule has 0 unspecified atom stereocenters. The van der Waals surface area contributed by atoms with Crippen LogP contribution in [0.1, 0.15) is 41.0 Å². The average molecular weight is 352 g/mol. The van der Waals surface area contributed by atoms with Gasteiger partial charge >= 0.3 is 12.1 Å². The van der Waals surface area contributed by atoms with E-state index in [9.17, 15) is 9.59 Å². The summed E-state index contributed by atoms with van der Waals surface area (Å²) in [6, 6.07) is 0. The first-order valence-electron chi connectivity index (χ1n) is 8.64. The van der Waals surface area contributed by atoms with Gasteiger partial charge in [-0.1, -0.05) is 37.3 Å². The summed E-state index contributed by atoms with van der Waals surface area (Å²) in [5.41, 5.74) is 0.473. The number of alkyl carbamates (subject to hydrolysis) is 1. The molecule has 0 aliphatic heterocycles. The Labute approximate surface area is 151 Å². The highest BCUT2D eigenvalue weighted by atomic mass is 16.6. The molecule has 0 saturated heterocycles. The third-order valence-corrected chi connectivity index (χ3v) is 2.68. The number of rotatable bonds is 10. The van der Waals surface area contributed by atoms with Crippen molar-refractivity contribution in [2.24, 2.45) is 0 Å². The number of amides is 1. The Kier molecular flexibility index (Phi) is 12.1. The molecule has 2 N–H and O–H groups in total. The second kappa shape index (κ2) is 13.2. The van der Waals surface area contributed by atoms with E-state index in [-0.39, 0.29) is 12.5 Å². The van der Waals surface area contributed by atoms with Gasteiger partial charge in [0.25, 0.3) is 0 Å². The summed E-state index contributed by atoms with van der Waals surface area (Å²) in [7, 11) is 0. The SMILES string of the molecule is CC/C=C/C=C(\C=C\CNC(=O)OC(C)(C)C)CNCC(=O)OCC. The number of allylic oxidation sites excluding steroid dienone is 3. The van der Waals surface area contributed by atoms with Crippen molar-refractivity contribution in [3.63, 3.8) is 0 Å². The normalized spacial score (nSPS) is 12.6. The molecule has 0 aromatic rings. The van der Waals surface area contributed by atoms with E-state index in [1.807, 2.05) is 51.2 Å². The third kappa shape index (κ3) is 15.2. The Morgan fingerprint density at radius 2 is 1.80 bits per heavy atom. The van der Waals surface area contributed by atoms with Crippen molar-refractivity contribution in [1.29, 1.82) is 0 Å². The number of carbonyl (C=O) groups is 2. The molecule has 0 aromatic heterocycles. The first-order chi connectivity index (χ1) is 11.8. The van der Waals surface area contributed by atoms with E-state index in [0.29, 0.717) is 19.7 Å². The van der Waals surface area contributed by atoms with Crippen molar-refractivity contribution in [1.82, 2.24) is 10.6 Å². The largest absolute Gasteiger partial charge is 0.465 e. The van der Waals surface area contributed by atoms with E-state index >= 15 is 0 Å². The lowest BCUT2D eigenvalue weighted by Gasteiger charge is -2.19. The van der Waals surface area contributed by atoms with Crippen LogP contribution in [-0.2, 0) is 14.3 Å². The summed E-state index contributed by atoms with van der Waals surface area (Å²) in [5, 5.41) is 5.70. The molecule has 0 atom stereocenters. The molecule has 142 valence electrons. The number of ether oxygens (including phenoxy) is 2. The maximum Gasteiger partial charge on any atom is 0.407 e. The van der Waals surface area contributed by atoms with Crippen molar-refractivity contribution in [2.45, 2.75) is 46.6 Å². The lowest BCUT2D eigenvalue weighted by molar-refractivity contribution is -0.141. The third-order valence-electron chi connectivity index (χ3n) is 2.68. The summed E-state index contributed by atoms with van der Waals surface area (Å²) >= 11 is 0. The summed E-state index contributed by atoms with van der Waals surface area (Å²) in [6.07, 6.45) is 10.2. The van der Waals surface area contributed by atoms with E-state index in [4.69, 9.17) is 9.47 Å². The van der Waals surface area contributed by atoms with Crippen LogP contribution in [0, 0.1) is 0 Å². The fourth-order valence-electron chi connectivity index (χ4n) is 1.69. The summed E-state index contributed by atoms with van der Waals surface area (Å²) in [5.74, 6) is -0.276. The monoisotopic (exact) mass is 352 g/mol. The smallest absolute Gasteiger partial charge is 0.407 e. The van der Waals surface area contributed by atoms with Crippen LogP contribution < -0.4 is 10.6 Å². The van der Waals surface area contributed by atoms with Gasteiger partial charge in [-0.15, -0.1) is 0 Å². The van der Waals surface area contributed by atoms with Gasteiger partial charge in [-0.3, -0.25) is 4.79 Å². The molecule has 1 amide bonds. The predicted molar refractivity (Wildman–Crippen MR) is 100 cm³/mol. The summed E-state index contributed by atoms with van der Waals surface area (Å²) in [6.45, 7) is 10.7. The van der Waals surface area contributed by atoms with E-state index in [0.717, 1.165) is 12.0 Å². The Morgan fingerprint density at radius 3 is 2.40 bits per heavy atom. The summed E-state index contributed by atoms with van der Waals surface area (Å²) < 4.78 is 10.0. The van der Waals surface area contributed by atoms with E-state index < -0.39 is 11.7 Å². The van der Waals surface area contributed by atoms with Gasteiger partial charge in [0, 0.05) is 13.1 Å². The maximum absolute atomic E-state index is 11.6. The van der Waals surface area contributed by atoms with Gasteiger partial charge in [-0.05, 0) is 39.7 Å². The minimum Gasteiger partial charge on any atom is -0.465 e. The number of nitrogens with one attached hydrogen (secondary N) is 2. The molecule has 0 spiro atoms. The molecular weight excluding hydrogens is 320 g/mol. The number of carbonyl (C=O) groups excluding carboxylic acids is 2. The van der Waals surface area contributed by atoms with Gasteiger partial charge in [-0.25, -0.2) is 4.79 Å². The molecule has 0 fully saturated rings. The maximum atomic E-state index is 11.6.